The predicted molar refractivity (Wildman–Crippen MR) is 98.0 cm³/mol. The van der Waals surface area contributed by atoms with Crippen LogP contribution in [-0.4, -0.2) is 37.8 Å². The minimum atomic E-state index is 0.386. The van der Waals surface area contributed by atoms with Gasteiger partial charge in [-0.25, -0.2) is 0 Å². The Balaban J connectivity index is 1.40. The fourth-order valence-electron chi connectivity index (χ4n) is 3.41. The summed E-state index contributed by atoms with van der Waals surface area (Å²) < 4.78 is 8.07. The molecule has 0 amide bonds. The molecule has 0 saturated heterocycles. The van der Waals surface area contributed by atoms with E-state index in [2.05, 4.69) is 36.8 Å². The van der Waals surface area contributed by atoms with Crippen LogP contribution in [0.5, 0.6) is 0 Å². The van der Waals surface area contributed by atoms with Crippen LogP contribution in [0.25, 0.3) is 0 Å². The Hall–Kier alpha value is -2.57. The van der Waals surface area contributed by atoms with Crippen molar-refractivity contribution in [3.05, 3.63) is 78.1 Å². The molecule has 134 valence electrons. The molecular weight excluding hydrogens is 326 g/mol. The largest absolute Gasteiger partial charge is 0.375 e. The number of rotatable bonds is 6. The van der Waals surface area contributed by atoms with Crippen LogP contribution in [0, 0.1) is 5.92 Å². The molecule has 0 radical (unpaired) electrons. The highest BCUT2D eigenvalue weighted by molar-refractivity contribution is 5.10. The first-order valence-electron chi connectivity index (χ1n) is 8.96. The number of pyridine rings is 2. The van der Waals surface area contributed by atoms with Gasteiger partial charge >= 0.3 is 0 Å². The van der Waals surface area contributed by atoms with E-state index in [1.807, 2.05) is 42.9 Å². The van der Waals surface area contributed by atoms with E-state index in [9.17, 15) is 0 Å². The first kappa shape index (κ1) is 16.9. The van der Waals surface area contributed by atoms with E-state index in [1.54, 1.807) is 6.20 Å². The maximum atomic E-state index is 5.96. The molecule has 1 aliphatic rings. The van der Waals surface area contributed by atoms with Crippen LogP contribution in [0.2, 0.25) is 0 Å². The lowest BCUT2D eigenvalue weighted by Gasteiger charge is -2.23. The Kier molecular flexibility index (Phi) is 5.33. The maximum absolute atomic E-state index is 5.96. The van der Waals surface area contributed by atoms with Gasteiger partial charge in [-0.3, -0.25) is 19.5 Å². The Bertz CT molecular complexity index is 805. The lowest BCUT2D eigenvalue weighted by atomic mass is 10.1. The number of aromatic nitrogens is 4. The predicted octanol–water partition coefficient (Wildman–Crippen LogP) is 2.52. The summed E-state index contributed by atoms with van der Waals surface area (Å²) in [4.78, 5) is 11.0. The smallest absolute Gasteiger partial charge is 0.0887 e. The van der Waals surface area contributed by atoms with E-state index in [1.165, 1.54) is 11.3 Å². The molecule has 26 heavy (non-hydrogen) atoms. The van der Waals surface area contributed by atoms with Crippen molar-refractivity contribution >= 4 is 0 Å². The summed E-state index contributed by atoms with van der Waals surface area (Å²) in [5, 5.41) is 4.48. The first-order chi connectivity index (χ1) is 12.9. The van der Waals surface area contributed by atoms with Gasteiger partial charge in [0, 0.05) is 56.9 Å². The van der Waals surface area contributed by atoms with Crippen molar-refractivity contribution in [1.29, 1.82) is 0 Å². The van der Waals surface area contributed by atoms with Crippen LogP contribution >= 0.6 is 0 Å². The van der Waals surface area contributed by atoms with Gasteiger partial charge in [0.1, 0.15) is 0 Å². The van der Waals surface area contributed by atoms with E-state index >= 15 is 0 Å². The lowest BCUT2D eigenvalue weighted by Crippen LogP contribution is -2.30. The van der Waals surface area contributed by atoms with E-state index in [4.69, 9.17) is 4.74 Å². The molecule has 4 heterocycles. The van der Waals surface area contributed by atoms with Crippen LogP contribution < -0.4 is 0 Å². The third kappa shape index (κ3) is 4.33. The molecule has 0 unspecified atom stereocenters. The molecule has 0 bridgehead atoms. The molecule has 0 aliphatic carbocycles. The summed E-state index contributed by atoms with van der Waals surface area (Å²) in [6, 6.07) is 12.1. The summed E-state index contributed by atoms with van der Waals surface area (Å²) in [7, 11) is 0. The van der Waals surface area contributed by atoms with E-state index in [-0.39, 0.29) is 0 Å². The van der Waals surface area contributed by atoms with Crippen molar-refractivity contribution in [3.63, 3.8) is 0 Å². The fourth-order valence-corrected chi connectivity index (χ4v) is 3.41. The molecule has 3 aromatic heterocycles. The molecule has 6 nitrogen and oxygen atoms in total. The first-order valence-corrected chi connectivity index (χ1v) is 8.96. The third-order valence-electron chi connectivity index (χ3n) is 4.60. The van der Waals surface area contributed by atoms with Crippen molar-refractivity contribution in [2.24, 2.45) is 5.92 Å². The number of hydrogen-bond acceptors (Lipinski definition) is 5. The zero-order valence-electron chi connectivity index (χ0n) is 14.7. The SMILES string of the molecule is c1ccc(COC[C@H]2CN(Cc3cccnc3)Cc3ccnn3C2)nc1. The highest BCUT2D eigenvalue weighted by Crippen LogP contribution is 2.18. The average Bonchev–Trinajstić information content (AvgIpc) is 3.03. The van der Waals surface area contributed by atoms with Crippen molar-refractivity contribution in [2.45, 2.75) is 26.2 Å². The minimum absolute atomic E-state index is 0.386. The minimum Gasteiger partial charge on any atom is -0.375 e. The molecule has 0 N–H and O–H groups in total. The van der Waals surface area contributed by atoms with Gasteiger partial charge in [0.15, 0.2) is 0 Å². The standard InChI is InChI=1S/C20H23N5O/c1-2-8-22-19(5-1)16-26-15-18-12-24(11-17-4-3-7-21-10-17)14-20-6-9-23-25(20)13-18/h1-10,18H,11-16H2/t18-/m0/s1. The van der Waals surface area contributed by atoms with Gasteiger partial charge in [0.25, 0.3) is 0 Å². The van der Waals surface area contributed by atoms with Crippen molar-refractivity contribution in [3.8, 4) is 0 Å². The second-order valence-electron chi connectivity index (χ2n) is 6.74. The van der Waals surface area contributed by atoms with Gasteiger partial charge in [-0.1, -0.05) is 12.1 Å². The van der Waals surface area contributed by atoms with Crippen LogP contribution in [0.1, 0.15) is 17.0 Å². The summed E-state index contributed by atoms with van der Waals surface area (Å²) in [6.07, 6.45) is 7.44. The lowest BCUT2D eigenvalue weighted by molar-refractivity contribution is 0.0640. The fraction of sp³-hybridized carbons (Fsp3) is 0.350. The number of nitrogens with zero attached hydrogens (tertiary/aromatic N) is 5. The van der Waals surface area contributed by atoms with Gasteiger partial charge in [-0.05, 0) is 29.8 Å². The molecule has 0 fully saturated rings. The zero-order chi connectivity index (χ0) is 17.6. The third-order valence-corrected chi connectivity index (χ3v) is 4.60. The quantitative estimate of drug-likeness (QED) is 0.684. The van der Waals surface area contributed by atoms with Gasteiger partial charge in [-0.2, -0.15) is 5.10 Å². The number of ether oxygens (including phenoxy) is 1. The second-order valence-corrected chi connectivity index (χ2v) is 6.74. The molecule has 0 spiro atoms. The molecule has 1 aliphatic heterocycles. The molecule has 1 atom stereocenters. The maximum Gasteiger partial charge on any atom is 0.0887 e. The van der Waals surface area contributed by atoms with Crippen molar-refractivity contribution in [1.82, 2.24) is 24.6 Å². The van der Waals surface area contributed by atoms with Gasteiger partial charge < -0.3 is 4.74 Å². The van der Waals surface area contributed by atoms with Gasteiger partial charge in [0.05, 0.1) is 24.6 Å². The van der Waals surface area contributed by atoms with E-state index < -0.39 is 0 Å². The Morgan fingerprint density at radius 3 is 2.88 bits per heavy atom. The molecule has 4 rings (SSSR count). The monoisotopic (exact) mass is 349 g/mol. The van der Waals surface area contributed by atoms with Crippen molar-refractivity contribution < 1.29 is 4.74 Å². The number of fused-ring (bicyclic) bond motifs is 1. The highest BCUT2D eigenvalue weighted by atomic mass is 16.5. The Labute approximate surface area is 153 Å². The summed E-state index contributed by atoms with van der Waals surface area (Å²) in [6.45, 7) is 4.88. The van der Waals surface area contributed by atoms with E-state index in [0.29, 0.717) is 19.1 Å². The second kappa shape index (κ2) is 8.21. The van der Waals surface area contributed by atoms with Gasteiger partial charge in [0.2, 0.25) is 0 Å². The normalized spacial score (nSPS) is 17.6. The Morgan fingerprint density at radius 2 is 2.04 bits per heavy atom. The molecule has 3 aromatic rings. The molecule has 6 heteroatoms. The van der Waals surface area contributed by atoms with Crippen LogP contribution in [0.4, 0.5) is 0 Å². The topological polar surface area (TPSA) is 56.1 Å². The zero-order valence-corrected chi connectivity index (χ0v) is 14.7. The summed E-state index contributed by atoms with van der Waals surface area (Å²) in [5.41, 5.74) is 3.45. The van der Waals surface area contributed by atoms with Gasteiger partial charge in [-0.15, -0.1) is 0 Å². The van der Waals surface area contributed by atoms with Crippen LogP contribution in [0.15, 0.2) is 61.2 Å². The van der Waals surface area contributed by atoms with E-state index in [0.717, 1.165) is 31.9 Å². The molecule has 0 saturated carbocycles. The van der Waals surface area contributed by atoms with Crippen LogP contribution in [-0.2, 0) is 31.0 Å². The summed E-state index contributed by atoms with van der Waals surface area (Å²) in [5.74, 6) is 0.386. The molecular formula is C20H23N5O. The number of hydrogen-bond donors (Lipinski definition) is 0. The van der Waals surface area contributed by atoms with Crippen molar-refractivity contribution in [2.75, 3.05) is 13.2 Å². The Morgan fingerprint density at radius 1 is 1.04 bits per heavy atom. The molecule has 0 aromatic carbocycles. The summed E-state index contributed by atoms with van der Waals surface area (Å²) >= 11 is 0. The van der Waals surface area contributed by atoms with Crippen LogP contribution in [0.3, 0.4) is 0 Å². The highest BCUT2D eigenvalue weighted by Gasteiger charge is 2.22. The average molecular weight is 349 g/mol.